The fourth-order valence-corrected chi connectivity index (χ4v) is 2.03. The van der Waals surface area contributed by atoms with Gasteiger partial charge >= 0.3 is 0 Å². The monoisotopic (exact) mass is 225 g/mol. The van der Waals surface area contributed by atoms with Crippen molar-refractivity contribution < 1.29 is 4.79 Å². The number of pyridine rings is 1. The van der Waals surface area contributed by atoms with Crippen LogP contribution in [0.15, 0.2) is 30.5 Å². The third kappa shape index (κ3) is 2.11. The molecule has 0 spiro atoms. The molecule has 0 fully saturated rings. The number of benzene rings is 1. The number of aromatic nitrogens is 1. The number of aryl methyl sites for hydroxylation is 2. The molecular formula is C15H15NO. The molecule has 0 aliphatic carbocycles. The summed E-state index contributed by atoms with van der Waals surface area (Å²) in [6.45, 7) is 6.07. The number of hydrogen-bond donors (Lipinski definition) is 0. The van der Waals surface area contributed by atoms with Crippen molar-refractivity contribution in [2.75, 3.05) is 0 Å². The first-order chi connectivity index (χ1) is 8.13. The molecule has 2 heteroatoms. The van der Waals surface area contributed by atoms with Crippen LogP contribution in [0.25, 0.3) is 11.3 Å². The van der Waals surface area contributed by atoms with Crippen molar-refractivity contribution in [2.24, 2.45) is 0 Å². The van der Waals surface area contributed by atoms with Gasteiger partial charge in [-0.1, -0.05) is 23.8 Å². The lowest BCUT2D eigenvalue weighted by Gasteiger charge is -2.10. The quantitative estimate of drug-likeness (QED) is 0.732. The van der Waals surface area contributed by atoms with E-state index in [1.54, 1.807) is 12.3 Å². The zero-order valence-electron chi connectivity index (χ0n) is 10.3. The van der Waals surface area contributed by atoms with Gasteiger partial charge in [0.05, 0.1) is 5.69 Å². The van der Waals surface area contributed by atoms with Crippen molar-refractivity contribution in [3.63, 3.8) is 0 Å². The summed E-state index contributed by atoms with van der Waals surface area (Å²) >= 11 is 0. The molecule has 0 aliphatic rings. The van der Waals surface area contributed by atoms with E-state index in [9.17, 15) is 4.79 Å². The Morgan fingerprint density at radius 3 is 2.53 bits per heavy atom. The fourth-order valence-electron chi connectivity index (χ4n) is 2.03. The minimum Gasteiger partial charge on any atom is -0.298 e. The second-order valence-electron chi connectivity index (χ2n) is 4.31. The molecule has 0 bridgehead atoms. The Morgan fingerprint density at radius 1 is 1.12 bits per heavy atom. The van der Waals surface area contributed by atoms with E-state index in [1.165, 1.54) is 11.1 Å². The molecule has 0 atom stereocenters. The first kappa shape index (κ1) is 11.5. The van der Waals surface area contributed by atoms with Crippen molar-refractivity contribution in [2.45, 2.75) is 20.8 Å². The third-order valence-corrected chi connectivity index (χ3v) is 3.01. The van der Waals surface area contributed by atoms with E-state index in [0.29, 0.717) is 5.56 Å². The highest BCUT2D eigenvalue weighted by molar-refractivity contribution is 5.81. The maximum Gasteiger partial charge on any atom is 0.150 e. The van der Waals surface area contributed by atoms with Gasteiger partial charge in [0.1, 0.15) is 6.29 Å². The molecule has 17 heavy (non-hydrogen) atoms. The lowest BCUT2D eigenvalue weighted by Crippen LogP contribution is -1.95. The van der Waals surface area contributed by atoms with E-state index in [-0.39, 0.29) is 0 Å². The van der Waals surface area contributed by atoms with Crippen molar-refractivity contribution in [1.29, 1.82) is 0 Å². The first-order valence-electron chi connectivity index (χ1n) is 5.62. The zero-order chi connectivity index (χ0) is 12.4. The highest BCUT2D eigenvalue weighted by Gasteiger charge is 2.09. The SMILES string of the molecule is Cc1ccc(-c2nccc(C=O)c2C)c(C)c1. The van der Waals surface area contributed by atoms with Gasteiger partial charge < -0.3 is 0 Å². The molecule has 2 nitrogen and oxygen atoms in total. The average Bonchev–Trinajstić information content (AvgIpc) is 2.30. The predicted molar refractivity (Wildman–Crippen MR) is 69.3 cm³/mol. The Labute approximate surface area is 101 Å². The van der Waals surface area contributed by atoms with Crippen LogP contribution < -0.4 is 0 Å². The molecule has 2 aromatic rings. The summed E-state index contributed by atoms with van der Waals surface area (Å²) < 4.78 is 0. The fraction of sp³-hybridized carbons (Fsp3) is 0.200. The second kappa shape index (κ2) is 4.50. The average molecular weight is 225 g/mol. The predicted octanol–water partition coefficient (Wildman–Crippen LogP) is 3.49. The van der Waals surface area contributed by atoms with Gasteiger partial charge in [0.25, 0.3) is 0 Å². The lowest BCUT2D eigenvalue weighted by atomic mass is 9.98. The summed E-state index contributed by atoms with van der Waals surface area (Å²) in [5.41, 5.74) is 6.05. The van der Waals surface area contributed by atoms with Gasteiger partial charge in [-0.3, -0.25) is 9.78 Å². The molecule has 0 saturated heterocycles. The van der Waals surface area contributed by atoms with Gasteiger partial charge in [-0.15, -0.1) is 0 Å². The second-order valence-corrected chi connectivity index (χ2v) is 4.31. The maximum atomic E-state index is 10.9. The van der Waals surface area contributed by atoms with Crippen LogP contribution >= 0.6 is 0 Å². The smallest absolute Gasteiger partial charge is 0.150 e. The van der Waals surface area contributed by atoms with E-state index < -0.39 is 0 Å². The van der Waals surface area contributed by atoms with E-state index >= 15 is 0 Å². The summed E-state index contributed by atoms with van der Waals surface area (Å²) in [5.74, 6) is 0. The van der Waals surface area contributed by atoms with E-state index in [2.05, 4.69) is 37.0 Å². The van der Waals surface area contributed by atoms with E-state index in [0.717, 1.165) is 23.1 Å². The number of carbonyl (C=O) groups excluding carboxylic acids is 1. The Hall–Kier alpha value is -1.96. The molecule has 2 rings (SSSR count). The highest BCUT2D eigenvalue weighted by Crippen LogP contribution is 2.26. The van der Waals surface area contributed by atoms with Gasteiger partial charge in [-0.25, -0.2) is 0 Å². The van der Waals surface area contributed by atoms with Crippen LogP contribution in [-0.4, -0.2) is 11.3 Å². The Balaban J connectivity index is 2.64. The molecule has 0 unspecified atom stereocenters. The molecule has 0 aliphatic heterocycles. The number of rotatable bonds is 2. The number of hydrogen-bond acceptors (Lipinski definition) is 2. The minimum atomic E-state index is 0.704. The topological polar surface area (TPSA) is 30.0 Å². The van der Waals surface area contributed by atoms with Crippen molar-refractivity contribution in [3.05, 3.63) is 52.7 Å². The summed E-state index contributed by atoms with van der Waals surface area (Å²) in [7, 11) is 0. The van der Waals surface area contributed by atoms with Crippen molar-refractivity contribution >= 4 is 6.29 Å². The van der Waals surface area contributed by atoms with Crippen LogP contribution in [-0.2, 0) is 0 Å². The summed E-state index contributed by atoms with van der Waals surface area (Å²) in [4.78, 5) is 15.3. The van der Waals surface area contributed by atoms with Crippen LogP contribution in [0.5, 0.6) is 0 Å². The molecule has 0 radical (unpaired) electrons. The van der Waals surface area contributed by atoms with Crippen molar-refractivity contribution in [1.82, 2.24) is 4.98 Å². The zero-order valence-corrected chi connectivity index (χ0v) is 10.3. The standard InChI is InChI=1S/C15H15NO/c1-10-4-5-14(11(2)8-10)15-12(3)13(9-17)6-7-16-15/h4-9H,1-3H3. The highest BCUT2D eigenvalue weighted by atomic mass is 16.1. The lowest BCUT2D eigenvalue weighted by molar-refractivity contribution is 0.112. The molecule has 1 aromatic carbocycles. The largest absolute Gasteiger partial charge is 0.298 e. The molecule has 1 aromatic heterocycles. The molecule has 1 heterocycles. The summed E-state index contributed by atoms with van der Waals surface area (Å²) in [6, 6.07) is 8.00. The third-order valence-electron chi connectivity index (χ3n) is 3.01. The van der Waals surface area contributed by atoms with Crippen LogP contribution in [0.3, 0.4) is 0 Å². The Kier molecular flexibility index (Phi) is 3.05. The Morgan fingerprint density at radius 2 is 1.88 bits per heavy atom. The number of aldehydes is 1. The maximum absolute atomic E-state index is 10.9. The van der Waals surface area contributed by atoms with Gasteiger partial charge in [0.2, 0.25) is 0 Å². The van der Waals surface area contributed by atoms with Crippen LogP contribution in [0.4, 0.5) is 0 Å². The van der Waals surface area contributed by atoms with E-state index in [1.807, 2.05) is 6.92 Å². The van der Waals surface area contributed by atoms with Gasteiger partial charge in [0.15, 0.2) is 0 Å². The van der Waals surface area contributed by atoms with E-state index in [4.69, 9.17) is 0 Å². The minimum absolute atomic E-state index is 0.704. The van der Waals surface area contributed by atoms with Crippen LogP contribution in [0.2, 0.25) is 0 Å². The first-order valence-corrected chi connectivity index (χ1v) is 5.62. The molecule has 0 saturated carbocycles. The summed E-state index contributed by atoms with van der Waals surface area (Å²) in [5, 5.41) is 0. The van der Waals surface area contributed by atoms with Crippen molar-refractivity contribution in [3.8, 4) is 11.3 Å². The van der Waals surface area contributed by atoms with Crippen LogP contribution in [0.1, 0.15) is 27.0 Å². The van der Waals surface area contributed by atoms with Gasteiger partial charge in [-0.2, -0.15) is 0 Å². The van der Waals surface area contributed by atoms with Crippen LogP contribution in [0, 0.1) is 20.8 Å². The van der Waals surface area contributed by atoms with Gasteiger partial charge in [-0.05, 0) is 38.0 Å². The Bertz CT molecular complexity index is 573. The molecular weight excluding hydrogens is 210 g/mol. The molecule has 0 amide bonds. The molecule has 86 valence electrons. The summed E-state index contributed by atoms with van der Waals surface area (Å²) in [6.07, 6.45) is 2.56. The van der Waals surface area contributed by atoms with Gasteiger partial charge in [0, 0.05) is 17.3 Å². The number of nitrogens with zero attached hydrogens (tertiary/aromatic N) is 1. The number of carbonyl (C=O) groups is 1. The molecule has 0 N–H and O–H groups in total. The normalized spacial score (nSPS) is 10.3.